The summed E-state index contributed by atoms with van der Waals surface area (Å²) in [6.07, 6.45) is 3.97. The monoisotopic (exact) mass is 513 g/mol. The van der Waals surface area contributed by atoms with Crippen LogP contribution in [0.4, 0.5) is 0 Å². The first kappa shape index (κ1) is 25.5. The maximum atomic E-state index is 11.4. The van der Waals surface area contributed by atoms with Crippen LogP contribution >= 0.6 is 35.7 Å². The molecule has 0 heterocycles. The summed E-state index contributed by atoms with van der Waals surface area (Å²) in [6, 6.07) is 6.44. The number of guanidine groups is 1. The summed E-state index contributed by atoms with van der Waals surface area (Å²) in [5.74, 6) is 0.925. The van der Waals surface area contributed by atoms with Crippen molar-refractivity contribution in [1.29, 1.82) is 0 Å². The van der Waals surface area contributed by atoms with E-state index < -0.39 is 9.84 Å². The minimum Gasteiger partial charge on any atom is -0.356 e. The van der Waals surface area contributed by atoms with E-state index in [2.05, 4.69) is 60.9 Å². The highest BCUT2D eigenvalue weighted by Crippen LogP contribution is 2.22. The third kappa shape index (κ3) is 10.0. The highest BCUT2D eigenvalue weighted by Gasteiger charge is 2.20. The zero-order chi connectivity index (χ0) is 19.1. The Bertz CT molecular complexity index is 704. The fourth-order valence-corrected chi connectivity index (χ4v) is 3.90. The van der Waals surface area contributed by atoms with Gasteiger partial charge in [0.1, 0.15) is 9.84 Å². The lowest BCUT2D eigenvalue weighted by atomic mass is 9.90. The minimum absolute atomic E-state index is 0. The standard InChI is InChI=1S/C18H31N3O2S2.HI/c1-14-7-8-15(16(11-14)24-5)12-20-17(19-4)21-13-18(2,3)9-10-25(6,22)23;/h7-8,11H,9-10,12-13H2,1-6H3,(H2,19,20,21);1H. The van der Waals surface area contributed by atoms with Crippen LogP contribution in [0, 0.1) is 12.3 Å². The quantitative estimate of drug-likeness (QED) is 0.241. The smallest absolute Gasteiger partial charge is 0.191 e. The van der Waals surface area contributed by atoms with Crippen molar-refractivity contribution in [3.05, 3.63) is 29.3 Å². The summed E-state index contributed by atoms with van der Waals surface area (Å²) in [5, 5.41) is 6.63. The molecule has 2 N–H and O–H groups in total. The number of aryl methyl sites for hydroxylation is 1. The second kappa shape index (κ2) is 11.4. The van der Waals surface area contributed by atoms with Crippen LogP contribution < -0.4 is 10.6 Å². The largest absolute Gasteiger partial charge is 0.356 e. The van der Waals surface area contributed by atoms with Gasteiger partial charge in [-0.25, -0.2) is 8.42 Å². The number of rotatable bonds is 8. The molecule has 26 heavy (non-hydrogen) atoms. The van der Waals surface area contributed by atoms with Crippen LogP contribution in [0.3, 0.4) is 0 Å². The van der Waals surface area contributed by atoms with Gasteiger partial charge < -0.3 is 10.6 Å². The highest BCUT2D eigenvalue weighted by atomic mass is 127. The molecule has 5 nitrogen and oxygen atoms in total. The molecule has 0 spiro atoms. The van der Waals surface area contributed by atoms with Gasteiger partial charge in [0.2, 0.25) is 0 Å². The lowest BCUT2D eigenvalue weighted by Gasteiger charge is -2.26. The Kier molecular flexibility index (Phi) is 11.2. The number of nitrogens with zero attached hydrogens (tertiary/aromatic N) is 1. The Hall–Kier alpha value is -0.480. The van der Waals surface area contributed by atoms with Gasteiger partial charge in [0.25, 0.3) is 0 Å². The first-order valence-electron chi connectivity index (χ1n) is 8.32. The normalized spacial score (nSPS) is 12.5. The number of halogens is 1. The molecule has 0 unspecified atom stereocenters. The number of hydrogen-bond acceptors (Lipinski definition) is 4. The number of nitrogens with one attached hydrogen (secondary N) is 2. The average Bonchev–Trinajstić information content (AvgIpc) is 2.53. The van der Waals surface area contributed by atoms with Crippen LogP contribution in [0.15, 0.2) is 28.1 Å². The fraction of sp³-hybridized carbons (Fsp3) is 0.611. The van der Waals surface area contributed by atoms with Crippen molar-refractivity contribution in [2.45, 2.75) is 38.6 Å². The second-order valence-electron chi connectivity index (χ2n) is 7.14. The Labute approximate surface area is 180 Å². The van der Waals surface area contributed by atoms with Crippen LogP contribution in [0.2, 0.25) is 0 Å². The van der Waals surface area contributed by atoms with Gasteiger partial charge in [-0.15, -0.1) is 35.7 Å². The molecular weight excluding hydrogens is 481 g/mol. The SMILES string of the molecule is CN=C(NCc1ccc(C)cc1SC)NCC(C)(C)CCS(C)(=O)=O.I. The van der Waals surface area contributed by atoms with E-state index in [1.807, 2.05) is 0 Å². The zero-order valence-corrected chi connectivity index (χ0v) is 20.5. The fourth-order valence-electron chi connectivity index (χ4n) is 2.27. The molecule has 0 saturated heterocycles. The minimum atomic E-state index is -2.93. The van der Waals surface area contributed by atoms with Gasteiger partial charge in [-0.05, 0) is 42.2 Å². The molecule has 0 saturated carbocycles. The van der Waals surface area contributed by atoms with Crippen molar-refractivity contribution < 1.29 is 8.42 Å². The third-order valence-electron chi connectivity index (χ3n) is 4.00. The molecule has 0 aliphatic rings. The molecule has 8 heteroatoms. The van der Waals surface area contributed by atoms with Crippen LogP contribution in [0.5, 0.6) is 0 Å². The summed E-state index contributed by atoms with van der Waals surface area (Å²) in [6.45, 7) is 7.57. The maximum Gasteiger partial charge on any atom is 0.191 e. The number of aliphatic imine (C=N–C) groups is 1. The van der Waals surface area contributed by atoms with Gasteiger partial charge in [-0.1, -0.05) is 26.0 Å². The van der Waals surface area contributed by atoms with E-state index in [0.717, 1.165) is 5.96 Å². The summed E-state index contributed by atoms with van der Waals surface area (Å²) < 4.78 is 22.7. The van der Waals surface area contributed by atoms with E-state index in [9.17, 15) is 8.42 Å². The van der Waals surface area contributed by atoms with Gasteiger partial charge in [-0.2, -0.15) is 0 Å². The molecule has 0 aliphatic heterocycles. The lowest BCUT2D eigenvalue weighted by molar-refractivity contribution is 0.348. The predicted octanol–water partition coefficient (Wildman–Crippen LogP) is 3.46. The van der Waals surface area contributed by atoms with Gasteiger partial charge in [-0.3, -0.25) is 4.99 Å². The van der Waals surface area contributed by atoms with Gasteiger partial charge in [0.05, 0.1) is 5.75 Å². The van der Waals surface area contributed by atoms with E-state index in [1.165, 1.54) is 22.3 Å². The third-order valence-corrected chi connectivity index (χ3v) is 5.76. The predicted molar refractivity (Wildman–Crippen MR) is 125 cm³/mol. The van der Waals surface area contributed by atoms with Crippen molar-refractivity contribution in [3.8, 4) is 0 Å². The molecule has 0 radical (unpaired) electrons. The Morgan fingerprint density at radius 1 is 1.27 bits per heavy atom. The average molecular weight is 514 g/mol. The van der Waals surface area contributed by atoms with E-state index in [0.29, 0.717) is 19.5 Å². The molecule has 0 amide bonds. The number of thioether (sulfide) groups is 1. The van der Waals surface area contributed by atoms with Gasteiger partial charge in [0, 0.05) is 31.3 Å². The topological polar surface area (TPSA) is 70.6 Å². The first-order chi connectivity index (χ1) is 11.6. The molecule has 1 aromatic rings. The molecule has 0 fully saturated rings. The summed E-state index contributed by atoms with van der Waals surface area (Å²) in [7, 11) is -1.20. The van der Waals surface area contributed by atoms with Crippen LogP contribution in [-0.2, 0) is 16.4 Å². The molecule has 0 bridgehead atoms. The van der Waals surface area contributed by atoms with Crippen molar-refractivity contribution in [1.82, 2.24) is 10.6 Å². The second-order valence-corrected chi connectivity index (χ2v) is 10.2. The van der Waals surface area contributed by atoms with E-state index in [1.54, 1.807) is 18.8 Å². The molecule has 0 aromatic heterocycles. The van der Waals surface area contributed by atoms with Crippen LogP contribution in [0.1, 0.15) is 31.4 Å². The molecule has 150 valence electrons. The number of sulfone groups is 1. The summed E-state index contributed by atoms with van der Waals surface area (Å²) >= 11 is 1.74. The summed E-state index contributed by atoms with van der Waals surface area (Å²) in [4.78, 5) is 5.52. The number of hydrogen-bond donors (Lipinski definition) is 2. The van der Waals surface area contributed by atoms with E-state index in [4.69, 9.17) is 0 Å². The van der Waals surface area contributed by atoms with Crippen molar-refractivity contribution >= 4 is 51.5 Å². The molecule has 0 aliphatic carbocycles. The molecule has 0 atom stereocenters. The molecule has 1 rings (SSSR count). The zero-order valence-electron chi connectivity index (χ0n) is 16.5. The number of benzene rings is 1. The Morgan fingerprint density at radius 3 is 2.46 bits per heavy atom. The Morgan fingerprint density at radius 2 is 1.92 bits per heavy atom. The molecule has 1 aromatic carbocycles. The molecular formula is C18H32IN3O2S2. The van der Waals surface area contributed by atoms with Crippen molar-refractivity contribution in [3.63, 3.8) is 0 Å². The van der Waals surface area contributed by atoms with Gasteiger partial charge >= 0.3 is 0 Å². The van der Waals surface area contributed by atoms with E-state index in [-0.39, 0.29) is 35.1 Å². The van der Waals surface area contributed by atoms with E-state index >= 15 is 0 Å². The van der Waals surface area contributed by atoms with Gasteiger partial charge in [0.15, 0.2) is 5.96 Å². The Balaban J connectivity index is 0.00000625. The van der Waals surface area contributed by atoms with Crippen LogP contribution in [0.25, 0.3) is 0 Å². The first-order valence-corrected chi connectivity index (χ1v) is 11.6. The van der Waals surface area contributed by atoms with Crippen LogP contribution in [-0.4, -0.2) is 46.2 Å². The lowest BCUT2D eigenvalue weighted by Crippen LogP contribution is -2.42. The van der Waals surface area contributed by atoms with Crippen molar-refractivity contribution in [2.24, 2.45) is 10.4 Å². The highest BCUT2D eigenvalue weighted by molar-refractivity contribution is 14.0. The maximum absolute atomic E-state index is 11.4. The van der Waals surface area contributed by atoms with Crippen molar-refractivity contribution in [2.75, 3.05) is 31.9 Å². The summed E-state index contributed by atoms with van der Waals surface area (Å²) in [5.41, 5.74) is 2.36.